The van der Waals surface area contributed by atoms with Crippen molar-refractivity contribution < 1.29 is 21.6 Å². The Morgan fingerprint density at radius 1 is 1.07 bits per heavy atom. The van der Waals surface area contributed by atoms with Gasteiger partial charge in [0.05, 0.1) is 22.4 Å². The molecule has 0 unspecified atom stereocenters. The fourth-order valence-corrected chi connectivity index (χ4v) is 4.59. The minimum Gasteiger partial charge on any atom is -0.308 e. The van der Waals surface area contributed by atoms with Crippen LogP contribution in [0.3, 0.4) is 0 Å². The average molecular weight is 424 g/mol. The lowest BCUT2D eigenvalue weighted by Crippen LogP contribution is -2.30. The molecule has 2 aromatic carbocycles. The standard InChI is InChI=1S/C18H21N3O5S2/c1-20(2)28(25,26)14-8-9-17-13(12-14)10-11-21(17)18(22)15-6-4-5-7-16(15)19-27(3,23)24/h4-9,12,19H,10-11H2,1-3H3. The predicted molar refractivity (Wildman–Crippen MR) is 108 cm³/mol. The number of carbonyl (C=O) groups is 1. The van der Waals surface area contributed by atoms with Crippen molar-refractivity contribution >= 4 is 37.3 Å². The summed E-state index contributed by atoms with van der Waals surface area (Å²) >= 11 is 0. The largest absolute Gasteiger partial charge is 0.308 e. The fraction of sp³-hybridized carbons (Fsp3) is 0.278. The van der Waals surface area contributed by atoms with Crippen LogP contribution in [0.15, 0.2) is 47.4 Å². The summed E-state index contributed by atoms with van der Waals surface area (Å²) in [7, 11) is -4.18. The molecule has 0 aliphatic carbocycles. The molecule has 0 spiro atoms. The van der Waals surface area contributed by atoms with E-state index >= 15 is 0 Å². The Kier molecular flexibility index (Phi) is 5.22. The predicted octanol–water partition coefficient (Wildman–Crippen LogP) is 1.51. The molecule has 3 rings (SSSR count). The van der Waals surface area contributed by atoms with Crippen LogP contribution in [0.4, 0.5) is 11.4 Å². The maximum absolute atomic E-state index is 13.1. The molecule has 1 aliphatic heterocycles. The number of amides is 1. The molecule has 0 radical (unpaired) electrons. The normalized spacial score (nSPS) is 14.2. The smallest absolute Gasteiger partial charge is 0.260 e. The van der Waals surface area contributed by atoms with E-state index in [1.54, 1.807) is 30.3 Å². The molecule has 1 heterocycles. The Bertz CT molecular complexity index is 1140. The van der Waals surface area contributed by atoms with Gasteiger partial charge in [0.15, 0.2) is 0 Å². The minimum absolute atomic E-state index is 0.171. The van der Waals surface area contributed by atoms with Crippen molar-refractivity contribution in [2.75, 3.05) is 36.5 Å². The number of nitrogens with one attached hydrogen (secondary N) is 1. The Labute approximate surface area is 164 Å². The van der Waals surface area contributed by atoms with Gasteiger partial charge in [0.25, 0.3) is 5.91 Å². The fourth-order valence-electron chi connectivity index (χ4n) is 3.06. The highest BCUT2D eigenvalue weighted by Gasteiger charge is 2.29. The molecule has 0 atom stereocenters. The highest BCUT2D eigenvalue weighted by Crippen LogP contribution is 2.33. The first-order valence-corrected chi connectivity index (χ1v) is 11.8. The number of anilines is 2. The minimum atomic E-state index is -3.56. The maximum atomic E-state index is 13.1. The van der Waals surface area contributed by atoms with Gasteiger partial charge in [-0.25, -0.2) is 21.1 Å². The zero-order chi connectivity index (χ0) is 20.7. The second-order valence-corrected chi connectivity index (χ2v) is 10.6. The molecule has 0 aromatic heterocycles. The third kappa shape index (κ3) is 3.89. The van der Waals surface area contributed by atoms with Gasteiger partial charge >= 0.3 is 0 Å². The third-order valence-electron chi connectivity index (χ3n) is 4.42. The average Bonchev–Trinajstić information content (AvgIpc) is 3.03. The van der Waals surface area contributed by atoms with E-state index in [0.29, 0.717) is 18.7 Å². The number of rotatable bonds is 5. The van der Waals surface area contributed by atoms with Crippen molar-refractivity contribution in [3.05, 3.63) is 53.6 Å². The first-order valence-electron chi connectivity index (χ1n) is 8.45. The summed E-state index contributed by atoms with van der Waals surface area (Å²) in [5.41, 5.74) is 1.81. The van der Waals surface area contributed by atoms with Gasteiger partial charge in [-0.2, -0.15) is 0 Å². The van der Waals surface area contributed by atoms with Gasteiger partial charge < -0.3 is 4.90 Å². The van der Waals surface area contributed by atoms with E-state index in [1.165, 1.54) is 31.1 Å². The molecular formula is C18H21N3O5S2. The van der Waals surface area contributed by atoms with E-state index in [0.717, 1.165) is 16.1 Å². The number of carbonyl (C=O) groups excluding carboxylic acids is 1. The Morgan fingerprint density at radius 3 is 2.39 bits per heavy atom. The number of benzene rings is 2. The van der Waals surface area contributed by atoms with E-state index in [1.807, 2.05) is 0 Å². The van der Waals surface area contributed by atoms with Crippen LogP contribution in [-0.2, 0) is 26.5 Å². The topological polar surface area (TPSA) is 104 Å². The molecule has 2 aromatic rings. The lowest BCUT2D eigenvalue weighted by Gasteiger charge is -2.20. The van der Waals surface area contributed by atoms with Crippen molar-refractivity contribution in [2.45, 2.75) is 11.3 Å². The number of para-hydroxylation sites is 1. The van der Waals surface area contributed by atoms with E-state index in [4.69, 9.17) is 0 Å². The molecule has 1 aliphatic rings. The second-order valence-electron chi connectivity index (χ2n) is 6.70. The van der Waals surface area contributed by atoms with Crippen LogP contribution in [0.25, 0.3) is 0 Å². The summed E-state index contributed by atoms with van der Waals surface area (Å²) in [6, 6.07) is 11.0. The molecule has 0 saturated heterocycles. The number of fused-ring (bicyclic) bond motifs is 1. The van der Waals surface area contributed by atoms with E-state index in [2.05, 4.69) is 4.72 Å². The van der Waals surface area contributed by atoms with Crippen LogP contribution in [-0.4, -0.2) is 53.9 Å². The van der Waals surface area contributed by atoms with Crippen molar-refractivity contribution in [3.8, 4) is 0 Å². The van der Waals surface area contributed by atoms with Gasteiger partial charge in [-0.15, -0.1) is 0 Å². The summed E-state index contributed by atoms with van der Waals surface area (Å²) in [6.07, 6.45) is 1.53. The van der Waals surface area contributed by atoms with Gasteiger partial charge in [-0.1, -0.05) is 12.1 Å². The zero-order valence-corrected chi connectivity index (χ0v) is 17.3. The Hall–Kier alpha value is -2.43. The molecule has 10 heteroatoms. The Morgan fingerprint density at radius 2 is 1.75 bits per heavy atom. The van der Waals surface area contributed by atoms with Crippen LogP contribution < -0.4 is 9.62 Å². The van der Waals surface area contributed by atoms with Crippen LogP contribution >= 0.6 is 0 Å². The second kappa shape index (κ2) is 7.19. The lowest BCUT2D eigenvalue weighted by atomic mass is 10.1. The quantitative estimate of drug-likeness (QED) is 0.785. The SMILES string of the molecule is CN(C)S(=O)(=O)c1ccc2c(c1)CCN2C(=O)c1ccccc1NS(C)(=O)=O. The summed E-state index contributed by atoms with van der Waals surface area (Å²) in [5.74, 6) is -0.353. The van der Waals surface area contributed by atoms with Crippen molar-refractivity contribution in [3.63, 3.8) is 0 Å². The Balaban J connectivity index is 1.97. The number of sulfonamides is 2. The van der Waals surface area contributed by atoms with Crippen LogP contribution in [0, 0.1) is 0 Å². The molecule has 0 bridgehead atoms. The van der Waals surface area contributed by atoms with Gasteiger partial charge in [0.2, 0.25) is 20.0 Å². The zero-order valence-electron chi connectivity index (χ0n) is 15.7. The summed E-state index contributed by atoms with van der Waals surface area (Å²) < 4.78 is 51.3. The van der Waals surface area contributed by atoms with Crippen LogP contribution in [0.5, 0.6) is 0 Å². The maximum Gasteiger partial charge on any atom is 0.260 e. The number of hydrogen-bond donors (Lipinski definition) is 1. The highest BCUT2D eigenvalue weighted by atomic mass is 32.2. The molecule has 1 N–H and O–H groups in total. The summed E-state index contributed by atoms with van der Waals surface area (Å²) in [5, 5.41) is 0. The third-order valence-corrected chi connectivity index (χ3v) is 6.82. The first-order chi connectivity index (χ1) is 13.0. The van der Waals surface area contributed by atoms with E-state index in [-0.39, 0.29) is 22.1 Å². The molecule has 150 valence electrons. The van der Waals surface area contributed by atoms with Gasteiger partial charge in [-0.05, 0) is 42.3 Å². The molecule has 1 amide bonds. The summed E-state index contributed by atoms with van der Waals surface area (Å²) in [4.78, 5) is 14.8. The first kappa shape index (κ1) is 20.3. The molecule has 28 heavy (non-hydrogen) atoms. The summed E-state index contributed by atoms with van der Waals surface area (Å²) in [6.45, 7) is 0.382. The molecular weight excluding hydrogens is 402 g/mol. The van der Waals surface area contributed by atoms with E-state index < -0.39 is 20.0 Å². The van der Waals surface area contributed by atoms with Crippen LogP contribution in [0.2, 0.25) is 0 Å². The molecule has 0 fully saturated rings. The molecule has 0 saturated carbocycles. The highest BCUT2D eigenvalue weighted by molar-refractivity contribution is 7.92. The van der Waals surface area contributed by atoms with Crippen molar-refractivity contribution in [2.24, 2.45) is 0 Å². The van der Waals surface area contributed by atoms with E-state index in [9.17, 15) is 21.6 Å². The van der Waals surface area contributed by atoms with Crippen LogP contribution in [0.1, 0.15) is 15.9 Å². The van der Waals surface area contributed by atoms with Crippen molar-refractivity contribution in [1.29, 1.82) is 0 Å². The van der Waals surface area contributed by atoms with Gasteiger partial charge in [-0.3, -0.25) is 9.52 Å². The van der Waals surface area contributed by atoms with Crippen molar-refractivity contribution in [1.82, 2.24) is 4.31 Å². The van der Waals surface area contributed by atoms with Gasteiger partial charge in [0.1, 0.15) is 0 Å². The van der Waals surface area contributed by atoms with Gasteiger partial charge in [0, 0.05) is 26.3 Å². The number of nitrogens with zero attached hydrogens (tertiary/aromatic N) is 2. The lowest BCUT2D eigenvalue weighted by molar-refractivity contribution is 0.0990. The monoisotopic (exact) mass is 423 g/mol. The number of hydrogen-bond acceptors (Lipinski definition) is 5. The molecule has 8 nitrogen and oxygen atoms in total.